The molecule has 130 valence electrons. The van der Waals surface area contributed by atoms with Crippen molar-refractivity contribution >= 4 is 27.8 Å². The molecule has 27 heavy (non-hydrogen) atoms. The van der Waals surface area contributed by atoms with E-state index in [1.807, 2.05) is 30.5 Å². The number of fused-ring (bicyclic) bond motifs is 2. The Kier molecular flexibility index (Phi) is 3.72. The first-order valence-electron chi connectivity index (χ1n) is 8.69. The molecule has 3 heterocycles. The number of rotatable bonds is 4. The van der Waals surface area contributed by atoms with Gasteiger partial charge in [0.1, 0.15) is 12.1 Å². The molecular weight excluding hydrogens is 336 g/mol. The third-order valence-corrected chi connectivity index (χ3v) is 4.56. The molecule has 5 rings (SSSR count). The highest BCUT2D eigenvalue weighted by Gasteiger charge is 2.08. The van der Waals surface area contributed by atoms with Crippen LogP contribution >= 0.6 is 0 Å². The highest BCUT2D eigenvalue weighted by molar-refractivity contribution is 5.93. The van der Waals surface area contributed by atoms with Gasteiger partial charge in [-0.15, -0.1) is 0 Å². The van der Waals surface area contributed by atoms with Gasteiger partial charge in [0.2, 0.25) is 0 Å². The van der Waals surface area contributed by atoms with E-state index >= 15 is 0 Å². The molecule has 2 aromatic carbocycles. The van der Waals surface area contributed by atoms with E-state index in [2.05, 4.69) is 60.8 Å². The normalized spacial score (nSPS) is 11.1. The maximum atomic E-state index is 4.45. The van der Waals surface area contributed by atoms with Crippen LogP contribution in [0, 0.1) is 0 Å². The Labute approximate surface area is 155 Å². The van der Waals surface area contributed by atoms with E-state index in [-0.39, 0.29) is 0 Å². The third-order valence-electron chi connectivity index (χ3n) is 4.56. The molecule has 6 nitrogen and oxygen atoms in total. The van der Waals surface area contributed by atoms with Gasteiger partial charge in [0, 0.05) is 29.1 Å². The second kappa shape index (κ2) is 6.49. The Bertz CT molecular complexity index is 1230. The lowest BCUT2D eigenvalue weighted by Gasteiger charge is -2.10. The maximum absolute atomic E-state index is 4.45. The molecular formula is C21H16N6. The Morgan fingerprint density at radius 1 is 0.852 bits per heavy atom. The van der Waals surface area contributed by atoms with Crippen LogP contribution in [0.15, 0.2) is 73.3 Å². The molecule has 0 fully saturated rings. The Morgan fingerprint density at radius 2 is 1.78 bits per heavy atom. The van der Waals surface area contributed by atoms with Crippen molar-refractivity contribution in [1.29, 1.82) is 0 Å². The summed E-state index contributed by atoms with van der Waals surface area (Å²) in [6, 6.07) is 18.5. The molecule has 0 aliphatic rings. The zero-order chi connectivity index (χ0) is 18.1. The van der Waals surface area contributed by atoms with Crippen LogP contribution in [0.3, 0.4) is 0 Å². The van der Waals surface area contributed by atoms with Crippen LogP contribution in [0.1, 0.15) is 5.56 Å². The number of nitrogens with zero attached hydrogens (tertiary/aromatic N) is 4. The average Bonchev–Trinajstić information content (AvgIpc) is 3.20. The first kappa shape index (κ1) is 15.5. The standard InChI is InChI=1S/C21H16N6/c1-2-4-14(5-3-1)10-22-21-18-9-15(6-7-19(18)24-13-25-21)16-8-17-12-26-27-20(17)23-11-16/h1-9,11-13H,10H2,(H,22,24,25)(H,23,26,27). The van der Waals surface area contributed by atoms with Gasteiger partial charge < -0.3 is 5.32 Å². The minimum atomic E-state index is 0.708. The Hall–Kier alpha value is -3.80. The van der Waals surface area contributed by atoms with Gasteiger partial charge in [-0.2, -0.15) is 5.10 Å². The van der Waals surface area contributed by atoms with Gasteiger partial charge >= 0.3 is 0 Å². The van der Waals surface area contributed by atoms with Crippen molar-refractivity contribution in [2.24, 2.45) is 0 Å². The number of H-pyrrole nitrogens is 1. The largest absolute Gasteiger partial charge is 0.365 e. The van der Waals surface area contributed by atoms with E-state index in [9.17, 15) is 0 Å². The first-order chi connectivity index (χ1) is 13.4. The molecule has 0 spiro atoms. The van der Waals surface area contributed by atoms with Crippen LogP contribution < -0.4 is 5.32 Å². The van der Waals surface area contributed by atoms with Crippen LogP contribution in [0.5, 0.6) is 0 Å². The summed E-state index contributed by atoms with van der Waals surface area (Å²) < 4.78 is 0. The minimum Gasteiger partial charge on any atom is -0.365 e. The van der Waals surface area contributed by atoms with Crippen molar-refractivity contribution in [1.82, 2.24) is 25.1 Å². The van der Waals surface area contributed by atoms with E-state index in [0.29, 0.717) is 6.54 Å². The first-order valence-corrected chi connectivity index (χ1v) is 8.69. The monoisotopic (exact) mass is 352 g/mol. The summed E-state index contributed by atoms with van der Waals surface area (Å²) in [5.41, 5.74) is 4.99. The molecule has 0 unspecified atom stereocenters. The van der Waals surface area contributed by atoms with E-state index in [1.54, 1.807) is 12.5 Å². The van der Waals surface area contributed by atoms with Crippen molar-refractivity contribution in [2.45, 2.75) is 6.54 Å². The van der Waals surface area contributed by atoms with Crippen molar-refractivity contribution in [3.8, 4) is 11.1 Å². The summed E-state index contributed by atoms with van der Waals surface area (Å²) in [6.45, 7) is 0.708. The summed E-state index contributed by atoms with van der Waals surface area (Å²) in [5, 5.41) is 12.3. The van der Waals surface area contributed by atoms with Crippen LogP contribution in [0.2, 0.25) is 0 Å². The van der Waals surface area contributed by atoms with Crippen molar-refractivity contribution in [3.63, 3.8) is 0 Å². The summed E-state index contributed by atoms with van der Waals surface area (Å²) in [5.74, 6) is 0.822. The number of aromatic amines is 1. The number of hydrogen-bond acceptors (Lipinski definition) is 5. The second-order valence-electron chi connectivity index (χ2n) is 6.33. The van der Waals surface area contributed by atoms with E-state index in [4.69, 9.17) is 0 Å². The van der Waals surface area contributed by atoms with Gasteiger partial charge in [-0.05, 0) is 29.3 Å². The highest BCUT2D eigenvalue weighted by atomic mass is 15.1. The lowest BCUT2D eigenvalue weighted by Crippen LogP contribution is -2.02. The molecule has 0 saturated carbocycles. The van der Waals surface area contributed by atoms with Gasteiger partial charge in [-0.25, -0.2) is 15.0 Å². The van der Waals surface area contributed by atoms with Crippen LogP contribution in [-0.2, 0) is 6.54 Å². The maximum Gasteiger partial charge on any atom is 0.155 e. The molecule has 0 atom stereocenters. The number of anilines is 1. The van der Waals surface area contributed by atoms with Crippen molar-refractivity contribution in [3.05, 3.63) is 78.9 Å². The lowest BCUT2D eigenvalue weighted by molar-refractivity contribution is 1.10. The molecule has 2 N–H and O–H groups in total. The molecule has 0 aliphatic carbocycles. The number of aromatic nitrogens is 5. The fourth-order valence-corrected chi connectivity index (χ4v) is 3.15. The molecule has 3 aromatic heterocycles. The second-order valence-corrected chi connectivity index (χ2v) is 6.33. The highest BCUT2D eigenvalue weighted by Crippen LogP contribution is 2.28. The summed E-state index contributed by atoms with van der Waals surface area (Å²) in [7, 11) is 0. The molecule has 0 saturated heterocycles. The van der Waals surface area contributed by atoms with E-state index < -0.39 is 0 Å². The summed E-state index contributed by atoms with van der Waals surface area (Å²) in [6.07, 6.45) is 5.22. The van der Waals surface area contributed by atoms with Gasteiger partial charge in [0.25, 0.3) is 0 Å². The number of pyridine rings is 1. The predicted octanol–water partition coefficient (Wildman–Crippen LogP) is 4.18. The van der Waals surface area contributed by atoms with Gasteiger partial charge in [-0.3, -0.25) is 5.10 Å². The molecule has 0 aliphatic heterocycles. The Morgan fingerprint density at radius 3 is 2.70 bits per heavy atom. The lowest BCUT2D eigenvalue weighted by atomic mass is 10.0. The zero-order valence-electron chi connectivity index (χ0n) is 14.4. The van der Waals surface area contributed by atoms with Crippen LogP contribution in [0.4, 0.5) is 5.82 Å². The smallest absolute Gasteiger partial charge is 0.155 e. The van der Waals surface area contributed by atoms with E-state index in [1.165, 1.54) is 5.56 Å². The van der Waals surface area contributed by atoms with Crippen LogP contribution in [0.25, 0.3) is 33.1 Å². The van der Waals surface area contributed by atoms with Crippen molar-refractivity contribution in [2.75, 3.05) is 5.32 Å². The Balaban J connectivity index is 1.53. The fourth-order valence-electron chi connectivity index (χ4n) is 3.15. The molecule has 6 heteroatoms. The molecule has 0 radical (unpaired) electrons. The van der Waals surface area contributed by atoms with Gasteiger partial charge in [0.05, 0.1) is 11.7 Å². The average molecular weight is 352 g/mol. The summed E-state index contributed by atoms with van der Waals surface area (Å²) >= 11 is 0. The van der Waals surface area contributed by atoms with Gasteiger partial charge in [0.15, 0.2) is 5.65 Å². The number of hydrogen-bond donors (Lipinski definition) is 2. The predicted molar refractivity (Wildman–Crippen MR) is 106 cm³/mol. The molecule has 0 bridgehead atoms. The van der Waals surface area contributed by atoms with Gasteiger partial charge in [-0.1, -0.05) is 36.4 Å². The fraction of sp³-hybridized carbons (Fsp3) is 0.0476. The quantitative estimate of drug-likeness (QED) is 0.507. The zero-order valence-corrected chi connectivity index (χ0v) is 14.4. The van der Waals surface area contributed by atoms with Crippen LogP contribution in [-0.4, -0.2) is 25.1 Å². The molecule has 5 aromatic rings. The molecule has 0 amide bonds. The topological polar surface area (TPSA) is 79.4 Å². The van der Waals surface area contributed by atoms with E-state index in [0.717, 1.165) is 38.9 Å². The number of benzene rings is 2. The third kappa shape index (κ3) is 2.97. The summed E-state index contributed by atoms with van der Waals surface area (Å²) in [4.78, 5) is 13.3. The van der Waals surface area contributed by atoms with Crippen molar-refractivity contribution < 1.29 is 0 Å². The number of nitrogens with one attached hydrogen (secondary N) is 2. The minimum absolute atomic E-state index is 0.708. The SMILES string of the molecule is c1ccc(CNc2ncnc3ccc(-c4cnc5[nH]ncc5c4)cc23)cc1.